The van der Waals surface area contributed by atoms with Gasteiger partial charge in [0.05, 0.1) is 19.6 Å². The molecule has 6 nitrogen and oxygen atoms in total. The van der Waals surface area contributed by atoms with Gasteiger partial charge in [-0.3, -0.25) is 0 Å². The summed E-state index contributed by atoms with van der Waals surface area (Å²) in [5.41, 5.74) is 0.577. The second-order valence-electron chi connectivity index (χ2n) is 3.32. The third-order valence-electron chi connectivity index (χ3n) is 2.31. The predicted molar refractivity (Wildman–Crippen MR) is 64.6 cm³/mol. The van der Waals surface area contributed by atoms with Crippen LogP contribution < -0.4 is 14.8 Å². The zero-order valence-corrected chi connectivity index (χ0v) is 10.0. The Morgan fingerprint density at radius 3 is 2.71 bits per heavy atom. The van der Waals surface area contributed by atoms with Gasteiger partial charge in [0.25, 0.3) is 5.88 Å². The highest BCUT2D eigenvalue weighted by atomic mass is 16.5. The number of rotatable bonds is 4. The number of fused-ring (bicyclic) bond motifs is 1. The van der Waals surface area contributed by atoms with Crippen LogP contribution in [0, 0.1) is 0 Å². The van der Waals surface area contributed by atoms with Crippen molar-refractivity contribution in [3.05, 3.63) is 12.4 Å². The molecule has 0 amide bonds. The molecule has 2 aromatic rings. The number of pyridine rings is 1. The van der Waals surface area contributed by atoms with Crippen molar-refractivity contribution in [2.75, 3.05) is 26.1 Å². The lowest BCUT2D eigenvalue weighted by molar-refractivity contribution is 0.344. The molecule has 1 N–H and O–H groups in total. The summed E-state index contributed by atoms with van der Waals surface area (Å²) >= 11 is 0. The standard InChI is InChI=1S/C11H14N4O2/c1-4-12-9-7-5-8(16-2)11(17-3)15-10(7)14-6-13-9/h5-6H,4H2,1-3H3,(H,12,13,14,15). The minimum atomic E-state index is 0.418. The maximum atomic E-state index is 5.21. The van der Waals surface area contributed by atoms with E-state index < -0.39 is 0 Å². The second-order valence-corrected chi connectivity index (χ2v) is 3.32. The smallest absolute Gasteiger partial charge is 0.258 e. The SMILES string of the molecule is CCNc1ncnc2nc(OC)c(OC)cc12. The summed E-state index contributed by atoms with van der Waals surface area (Å²) in [5, 5.41) is 3.96. The van der Waals surface area contributed by atoms with Crippen LogP contribution in [-0.4, -0.2) is 35.7 Å². The Morgan fingerprint density at radius 1 is 1.24 bits per heavy atom. The summed E-state index contributed by atoms with van der Waals surface area (Å²) in [7, 11) is 3.12. The number of hydrogen-bond acceptors (Lipinski definition) is 6. The molecular formula is C11H14N4O2. The number of methoxy groups -OCH3 is 2. The molecule has 0 atom stereocenters. The van der Waals surface area contributed by atoms with Gasteiger partial charge in [0.1, 0.15) is 12.1 Å². The Labute approximate surface area is 99.0 Å². The molecule has 0 fully saturated rings. The zero-order valence-electron chi connectivity index (χ0n) is 10.0. The van der Waals surface area contributed by atoms with Crippen LogP contribution in [0.4, 0.5) is 5.82 Å². The van der Waals surface area contributed by atoms with Gasteiger partial charge < -0.3 is 14.8 Å². The van der Waals surface area contributed by atoms with Gasteiger partial charge in [0.2, 0.25) is 0 Å². The Morgan fingerprint density at radius 2 is 2.06 bits per heavy atom. The predicted octanol–water partition coefficient (Wildman–Crippen LogP) is 1.47. The third kappa shape index (κ3) is 2.06. The molecule has 0 saturated carbocycles. The van der Waals surface area contributed by atoms with Crippen LogP contribution in [-0.2, 0) is 0 Å². The molecule has 6 heteroatoms. The Balaban J connectivity index is 2.64. The average molecular weight is 234 g/mol. The van der Waals surface area contributed by atoms with Gasteiger partial charge in [-0.25, -0.2) is 9.97 Å². The van der Waals surface area contributed by atoms with Gasteiger partial charge in [-0.05, 0) is 6.92 Å². The number of anilines is 1. The van der Waals surface area contributed by atoms with Crippen LogP contribution in [0.1, 0.15) is 6.92 Å². The van der Waals surface area contributed by atoms with Crippen LogP contribution in [0.15, 0.2) is 12.4 Å². The first-order valence-corrected chi connectivity index (χ1v) is 5.27. The fourth-order valence-electron chi connectivity index (χ4n) is 1.55. The van der Waals surface area contributed by atoms with Crippen LogP contribution in [0.5, 0.6) is 11.6 Å². The Hall–Kier alpha value is -2.11. The molecule has 0 aliphatic rings. The Kier molecular flexibility index (Phi) is 3.22. The van der Waals surface area contributed by atoms with E-state index in [0.717, 1.165) is 17.7 Å². The van der Waals surface area contributed by atoms with E-state index in [-0.39, 0.29) is 0 Å². The van der Waals surface area contributed by atoms with Gasteiger partial charge >= 0.3 is 0 Å². The van der Waals surface area contributed by atoms with Crippen molar-refractivity contribution in [1.82, 2.24) is 15.0 Å². The molecule has 0 aromatic carbocycles. The molecule has 2 aromatic heterocycles. The molecule has 0 spiro atoms. The number of nitrogens with zero attached hydrogens (tertiary/aromatic N) is 3. The highest BCUT2D eigenvalue weighted by molar-refractivity contribution is 5.88. The van der Waals surface area contributed by atoms with Crippen molar-refractivity contribution >= 4 is 16.9 Å². The van der Waals surface area contributed by atoms with Gasteiger partial charge in [-0.15, -0.1) is 0 Å². The van der Waals surface area contributed by atoms with Gasteiger partial charge in [-0.2, -0.15) is 4.98 Å². The van der Waals surface area contributed by atoms with Crippen LogP contribution in [0.3, 0.4) is 0 Å². The normalized spacial score (nSPS) is 10.3. The molecule has 17 heavy (non-hydrogen) atoms. The van der Waals surface area contributed by atoms with Crippen molar-refractivity contribution in [2.45, 2.75) is 6.92 Å². The minimum Gasteiger partial charge on any atom is -0.491 e. The van der Waals surface area contributed by atoms with Crippen molar-refractivity contribution in [3.8, 4) is 11.6 Å². The fourth-order valence-corrected chi connectivity index (χ4v) is 1.55. The van der Waals surface area contributed by atoms with Crippen molar-refractivity contribution in [3.63, 3.8) is 0 Å². The number of ether oxygens (including phenoxy) is 2. The maximum Gasteiger partial charge on any atom is 0.258 e. The average Bonchev–Trinajstić information content (AvgIpc) is 2.38. The molecular weight excluding hydrogens is 220 g/mol. The summed E-state index contributed by atoms with van der Waals surface area (Å²) in [6.07, 6.45) is 1.47. The lowest BCUT2D eigenvalue weighted by Crippen LogP contribution is -2.02. The molecule has 90 valence electrons. The van der Waals surface area contributed by atoms with E-state index >= 15 is 0 Å². The number of aromatic nitrogens is 3. The largest absolute Gasteiger partial charge is 0.491 e. The van der Waals surface area contributed by atoms with Gasteiger partial charge in [0.15, 0.2) is 11.4 Å². The topological polar surface area (TPSA) is 69.2 Å². The van der Waals surface area contributed by atoms with E-state index in [1.165, 1.54) is 6.33 Å². The van der Waals surface area contributed by atoms with E-state index in [9.17, 15) is 0 Å². The monoisotopic (exact) mass is 234 g/mol. The summed E-state index contributed by atoms with van der Waals surface area (Å²) in [5.74, 6) is 1.72. The van der Waals surface area contributed by atoms with Crippen LogP contribution in [0.2, 0.25) is 0 Å². The molecule has 2 heterocycles. The molecule has 0 saturated heterocycles. The highest BCUT2D eigenvalue weighted by Gasteiger charge is 2.11. The lowest BCUT2D eigenvalue weighted by atomic mass is 10.3. The maximum absolute atomic E-state index is 5.21. The third-order valence-corrected chi connectivity index (χ3v) is 2.31. The van der Waals surface area contributed by atoms with E-state index in [4.69, 9.17) is 9.47 Å². The Bertz CT molecular complexity index is 530. The fraction of sp³-hybridized carbons (Fsp3) is 0.364. The number of nitrogens with one attached hydrogen (secondary N) is 1. The van der Waals surface area contributed by atoms with E-state index in [2.05, 4.69) is 20.3 Å². The van der Waals surface area contributed by atoms with Gasteiger partial charge in [0, 0.05) is 12.6 Å². The molecule has 0 bridgehead atoms. The molecule has 0 aliphatic heterocycles. The summed E-state index contributed by atoms with van der Waals surface area (Å²) in [6, 6.07) is 1.82. The van der Waals surface area contributed by atoms with Crippen LogP contribution >= 0.6 is 0 Å². The van der Waals surface area contributed by atoms with E-state index in [0.29, 0.717) is 17.3 Å². The quantitative estimate of drug-likeness (QED) is 0.864. The molecule has 0 aliphatic carbocycles. The minimum absolute atomic E-state index is 0.418. The molecule has 0 radical (unpaired) electrons. The first-order valence-electron chi connectivity index (χ1n) is 5.27. The second kappa shape index (κ2) is 4.82. The van der Waals surface area contributed by atoms with Crippen LogP contribution in [0.25, 0.3) is 11.0 Å². The molecule has 0 unspecified atom stereocenters. The summed E-state index contributed by atoms with van der Waals surface area (Å²) in [4.78, 5) is 12.5. The van der Waals surface area contributed by atoms with Crippen molar-refractivity contribution in [1.29, 1.82) is 0 Å². The zero-order chi connectivity index (χ0) is 12.3. The lowest BCUT2D eigenvalue weighted by Gasteiger charge is -2.09. The van der Waals surface area contributed by atoms with Crippen molar-refractivity contribution in [2.24, 2.45) is 0 Å². The van der Waals surface area contributed by atoms with Gasteiger partial charge in [-0.1, -0.05) is 0 Å². The summed E-state index contributed by atoms with van der Waals surface area (Å²) in [6.45, 7) is 2.78. The van der Waals surface area contributed by atoms with E-state index in [1.807, 2.05) is 13.0 Å². The van der Waals surface area contributed by atoms with Crippen molar-refractivity contribution < 1.29 is 9.47 Å². The van der Waals surface area contributed by atoms with E-state index in [1.54, 1.807) is 14.2 Å². The highest BCUT2D eigenvalue weighted by Crippen LogP contribution is 2.30. The first-order chi connectivity index (χ1) is 8.30. The number of hydrogen-bond donors (Lipinski definition) is 1. The molecule has 2 rings (SSSR count). The summed E-state index contributed by atoms with van der Waals surface area (Å²) < 4.78 is 10.3. The first kappa shape index (κ1) is 11.4.